The minimum Gasteiger partial charge on any atom is -0.345 e. The van der Waals surface area contributed by atoms with Crippen molar-refractivity contribution in [2.75, 3.05) is 10.6 Å². The molecule has 0 bridgehead atoms. The summed E-state index contributed by atoms with van der Waals surface area (Å²) in [6.45, 7) is 0. The molecule has 0 aliphatic heterocycles. The summed E-state index contributed by atoms with van der Waals surface area (Å²) in [5, 5.41) is 6.62. The Morgan fingerprint density at radius 3 is 2.40 bits per heavy atom. The zero-order valence-electron chi connectivity index (χ0n) is 18.0. The minimum absolute atomic E-state index is 0.0420. The summed E-state index contributed by atoms with van der Waals surface area (Å²) in [6, 6.07) is 19.4. The van der Waals surface area contributed by atoms with Crippen LogP contribution in [0, 0.1) is 5.82 Å². The SMILES string of the molecule is O=C(Nc1ccc(Nc2ncnc3[nH]cc(C(=O)c4ccccc4)c23)cc1)c1cc(F)ccc1Cl. The van der Waals surface area contributed by atoms with E-state index in [1.54, 1.807) is 54.7 Å². The number of nitrogens with one attached hydrogen (secondary N) is 3. The summed E-state index contributed by atoms with van der Waals surface area (Å²) < 4.78 is 13.5. The molecule has 2 heterocycles. The van der Waals surface area contributed by atoms with Gasteiger partial charge in [0.05, 0.1) is 21.5 Å². The van der Waals surface area contributed by atoms with E-state index in [2.05, 4.69) is 25.6 Å². The second-order valence-electron chi connectivity index (χ2n) is 7.62. The van der Waals surface area contributed by atoms with E-state index < -0.39 is 11.7 Å². The average Bonchev–Trinajstić information content (AvgIpc) is 3.32. The second kappa shape index (κ2) is 9.36. The van der Waals surface area contributed by atoms with Crippen LogP contribution in [0.2, 0.25) is 5.02 Å². The molecule has 0 saturated heterocycles. The lowest BCUT2D eigenvalue weighted by Gasteiger charge is -2.10. The van der Waals surface area contributed by atoms with E-state index >= 15 is 0 Å². The molecule has 3 N–H and O–H groups in total. The predicted molar refractivity (Wildman–Crippen MR) is 133 cm³/mol. The van der Waals surface area contributed by atoms with Crippen molar-refractivity contribution < 1.29 is 14.0 Å². The minimum atomic E-state index is -0.551. The molecule has 2 aromatic heterocycles. The number of H-pyrrole nitrogens is 1. The van der Waals surface area contributed by atoms with E-state index in [-0.39, 0.29) is 16.4 Å². The van der Waals surface area contributed by atoms with Gasteiger partial charge in [0, 0.05) is 23.1 Å². The van der Waals surface area contributed by atoms with Crippen LogP contribution in [0.4, 0.5) is 21.6 Å². The van der Waals surface area contributed by atoms with E-state index in [9.17, 15) is 14.0 Å². The Kier molecular flexibility index (Phi) is 5.95. The number of aromatic nitrogens is 3. The van der Waals surface area contributed by atoms with Crippen molar-refractivity contribution >= 4 is 51.5 Å². The van der Waals surface area contributed by atoms with Crippen LogP contribution in [0.15, 0.2) is 85.3 Å². The van der Waals surface area contributed by atoms with E-state index in [1.807, 2.05) is 6.07 Å². The zero-order chi connectivity index (χ0) is 24.4. The summed E-state index contributed by atoms with van der Waals surface area (Å²) in [7, 11) is 0. The van der Waals surface area contributed by atoms with Gasteiger partial charge in [-0.2, -0.15) is 0 Å². The molecule has 0 aliphatic carbocycles. The first-order chi connectivity index (χ1) is 17.0. The van der Waals surface area contributed by atoms with Gasteiger partial charge >= 0.3 is 0 Å². The average molecular weight is 486 g/mol. The van der Waals surface area contributed by atoms with Crippen LogP contribution in [0.3, 0.4) is 0 Å². The fourth-order valence-corrected chi connectivity index (χ4v) is 3.83. The molecule has 0 unspecified atom stereocenters. The first-order valence-corrected chi connectivity index (χ1v) is 10.9. The molecule has 9 heteroatoms. The molecule has 0 saturated carbocycles. The predicted octanol–water partition coefficient (Wildman–Crippen LogP) is 5.98. The lowest BCUT2D eigenvalue weighted by molar-refractivity contribution is 0.102. The smallest absolute Gasteiger partial charge is 0.257 e. The van der Waals surface area contributed by atoms with Gasteiger partial charge in [0.1, 0.15) is 23.6 Å². The van der Waals surface area contributed by atoms with Gasteiger partial charge < -0.3 is 15.6 Å². The van der Waals surface area contributed by atoms with E-state index in [1.165, 1.54) is 18.5 Å². The molecule has 0 fully saturated rings. The van der Waals surface area contributed by atoms with Gasteiger partial charge in [0.2, 0.25) is 0 Å². The monoisotopic (exact) mass is 485 g/mol. The number of amides is 1. The number of benzene rings is 3. The van der Waals surface area contributed by atoms with Crippen molar-refractivity contribution in [2.45, 2.75) is 0 Å². The zero-order valence-corrected chi connectivity index (χ0v) is 18.8. The van der Waals surface area contributed by atoms with Crippen LogP contribution in [0.1, 0.15) is 26.3 Å². The number of fused-ring (bicyclic) bond motifs is 1. The van der Waals surface area contributed by atoms with E-state index in [0.717, 1.165) is 6.07 Å². The highest BCUT2D eigenvalue weighted by molar-refractivity contribution is 6.34. The third-order valence-electron chi connectivity index (χ3n) is 5.33. The van der Waals surface area contributed by atoms with Crippen LogP contribution in [0.5, 0.6) is 0 Å². The molecule has 5 rings (SSSR count). The summed E-state index contributed by atoms with van der Waals surface area (Å²) in [5.41, 5.74) is 2.74. The number of aromatic amines is 1. The number of halogens is 2. The largest absolute Gasteiger partial charge is 0.345 e. The van der Waals surface area contributed by atoms with Crippen molar-refractivity contribution in [1.29, 1.82) is 0 Å². The second-order valence-corrected chi connectivity index (χ2v) is 8.03. The molecule has 35 heavy (non-hydrogen) atoms. The number of hydrogen-bond acceptors (Lipinski definition) is 5. The Hall–Kier alpha value is -4.56. The first kappa shape index (κ1) is 22.2. The molecular formula is C26H17ClFN5O2. The Morgan fingerprint density at radius 1 is 0.886 bits per heavy atom. The molecule has 3 aromatic carbocycles. The topological polar surface area (TPSA) is 99.8 Å². The summed E-state index contributed by atoms with van der Waals surface area (Å²) in [6.07, 6.45) is 3.02. The van der Waals surface area contributed by atoms with Crippen LogP contribution in [-0.2, 0) is 0 Å². The van der Waals surface area contributed by atoms with Gasteiger partial charge in [-0.25, -0.2) is 14.4 Å². The third kappa shape index (κ3) is 4.60. The van der Waals surface area contributed by atoms with Crippen molar-refractivity contribution in [3.63, 3.8) is 0 Å². The summed E-state index contributed by atoms with van der Waals surface area (Å²) in [4.78, 5) is 37.1. The standard InChI is InChI=1S/C26H17ClFN5O2/c27-21-11-6-16(28)12-19(21)26(35)33-18-9-7-17(8-10-18)32-25-22-20(13-29-24(22)30-14-31-25)23(34)15-4-2-1-3-5-15/h1-14H,(H,33,35)(H2,29,30,31,32). The Balaban J connectivity index is 1.38. The molecule has 0 atom stereocenters. The van der Waals surface area contributed by atoms with Crippen molar-refractivity contribution in [1.82, 2.24) is 15.0 Å². The number of nitrogens with zero attached hydrogens (tertiary/aromatic N) is 2. The maximum absolute atomic E-state index is 13.5. The van der Waals surface area contributed by atoms with E-state index in [4.69, 9.17) is 11.6 Å². The molecule has 0 spiro atoms. The third-order valence-corrected chi connectivity index (χ3v) is 5.66. The number of carbonyl (C=O) groups excluding carboxylic acids is 2. The summed E-state index contributed by atoms with van der Waals surface area (Å²) >= 11 is 6.01. The maximum Gasteiger partial charge on any atom is 0.257 e. The van der Waals surface area contributed by atoms with Gasteiger partial charge in [0.15, 0.2) is 5.78 Å². The summed E-state index contributed by atoms with van der Waals surface area (Å²) in [5.74, 6) is -0.767. The van der Waals surface area contributed by atoms with Crippen molar-refractivity contribution in [2.24, 2.45) is 0 Å². The number of anilines is 3. The van der Waals surface area contributed by atoms with Gasteiger partial charge in [-0.15, -0.1) is 0 Å². The molecule has 5 aromatic rings. The van der Waals surface area contributed by atoms with Crippen molar-refractivity contribution in [3.8, 4) is 0 Å². The van der Waals surface area contributed by atoms with Gasteiger partial charge in [0.25, 0.3) is 5.91 Å². The Labute approximate surface area is 204 Å². The molecular weight excluding hydrogens is 469 g/mol. The number of carbonyl (C=O) groups is 2. The Morgan fingerprint density at radius 2 is 1.63 bits per heavy atom. The maximum atomic E-state index is 13.5. The lowest BCUT2D eigenvalue weighted by Crippen LogP contribution is -2.12. The molecule has 0 radical (unpaired) electrons. The van der Waals surface area contributed by atoms with Crippen molar-refractivity contribution in [3.05, 3.63) is 113 Å². The van der Waals surface area contributed by atoms with E-state index in [0.29, 0.717) is 39.4 Å². The normalized spacial score (nSPS) is 10.8. The van der Waals surface area contributed by atoms with Gasteiger partial charge in [-0.05, 0) is 42.5 Å². The van der Waals surface area contributed by atoms with Crippen LogP contribution in [0.25, 0.3) is 11.0 Å². The molecule has 1 amide bonds. The first-order valence-electron chi connectivity index (χ1n) is 10.5. The van der Waals surface area contributed by atoms with Gasteiger partial charge in [-0.3, -0.25) is 9.59 Å². The fraction of sp³-hybridized carbons (Fsp3) is 0. The van der Waals surface area contributed by atoms with Crippen LogP contribution >= 0.6 is 11.6 Å². The number of rotatable bonds is 6. The van der Waals surface area contributed by atoms with Gasteiger partial charge in [-0.1, -0.05) is 41.9 Å². The highest BCUT2D eigenvalue weighted by Crippen LogP contribution is 2.28. The fourth-order valence-electron chi connectivity index (χ4n) is 3.63. The number of ketones is 1. The highest BCUT2D eigenvalue weighted by Gasteiger charge is 2.18. The molecule has 0 aliphatic rings. The lowest BCUT2D eigenvalue weighted by atomic mass is 10.0. The highest BCUT2D eigenvalue weighted by atomic mass is 35.5. The number of hydrogen-bond donors (Lipinski definition) is 3. The quantitative estimate of drug-likeness (QED) is 0.257. The molecule has 172 valence electrons. The van der Waals surface area contributed by atoms with Crippen LogP contribution < -0.4 is 10.6 Å². The molecule has 7 nitrogen and oxygen atoms in total. The Bertz CT molecular complexity index is 1550. The van der Waals surface area contributed by atoms with Crippen LogP contribution in [-0.4, -0.2) is 26.6 Å².